The van der Waals surface area contributed by atoms with Crippen LogP contribution in [0, 0.1) is 6.92 Å². The molecule has 0 fully saturated rings. The topological polar surface area (TPSA) is 56.7 Å². The smallest absolute Gasteiger partial charge is 0.387 e. The van der Waals surface area contributed by atoms with Crippen molar-refractivity contribution >= 4 is 5.82 Å². The maximum absolute atomic E-state index is 12.7. The lowest BCUT2D eigenvalue weighted by Crippen LogP contribution is -2.20. The number of alkyl halides is 2. The van der Waals surface area contributed by atoms with E-state index in [1.807, 2.05) is 31.9 Å². The molecule has 2 heterocycles. The number of aromatic nitrogens is 2. The van der Waals surface area contributed by atoms with Crippen LogP contribution in [0.15, 0.2) is 18.2 Å². The van der Waals surface area contributed by atoms with Crippen LogP contribution in [0.25, 0.3) is 0 Å². The number of aryl methyl sites for hydroxylation is 2. The molecule has 1 aromatic carbocycles. The van der Waals surface area contributed by atoms with Gasteiger partial charge in [0.15, 0.2) is 11.5 Å². The number of nitrogens with zero attached hydrogens (tertiary/aromatic N) is 3. The zero-order valence-corrected chi connectivity index (χ0v) is 14.3. The van der Waals surface area contributed by atoms with Crippen molar-refractivity contribution in [1.82, 2.24) is 9.97 Å². The molecule has 1 aliphatic rings. The second kappa shape index (κ2) is 7.08. The summed E-state index contributed by atoms with van der Waals surface area (Å²) < 4.78 is 40.7. The van der Waals surface area contributed by atoms with Crippen molar-refractivity contribution in [3.05, 3.63) is 35.3 Å². The van der Waals surface area contributed by atoms with Crippen LogP contribution in [-0.2, 0) is 13.0 Å². The average molecular weight is 351 g/mol. The highest BCUT2D eigenvalue weighted by atomic mass is 19.3. The Labute approximate surface area is 144 Å². The van der Waals surface area contributed by atoms with E-state index in [1.165, 1.54) is 6.07 Å². The van der Waals surface area contributed by atoms with E-state index < -0.39 is 6.61 Å². The highest BCUT2D eigenvalue weighted by Gasteiger charge is 2.21. The van der Waals surface area contributed by atoms with Gasteiger partial charge in [-0.25, -0.2) is 9.97 Å². The lowest BCUT2D eigenvalue weighted by Gasteiger charge is -2.21. The van der Waals surface area contributed by atoms with E-state index >= 15 is 0 Å². The van der Waals surface area contributed by atoms with Crippen molar-refractivity contribution in [2.24, 2.45) is 0 Å². The lowest BCUT2D eigenvalue weighted by molar-refractivity contribution is -0.0505. The van der Waals surface area contributed by atoms with Crippen LogP contribution in [-0.4, -0.2) is 30.4 Å². The predicted molar refractivity (Wildman–Crippen MR) is 87.5 cm³/mol. The molecule has 0 unspecified atom stereocenters. The van der Waals surface area contributed by atoms with Crippen molar-refractivity contribution in [3.8, 4) is 17.2 Å². The van der Waals surface area contributed by atoms with Crippen LogP contribution < -0.4 is 19.1 Å². The Bertz CT molecular complexity index is 771. The summed E-state index contributed by atoms with van der Waals surface area (Å²) in [5.74, 6) is 2.35. The molecule has 2 aromatic rings. The van der Waals surface area contributed by atoms with Gasteiger partial charge in [0.05, 0.1) is 0 Å². The SMILES string of the molecule is CCc1cc(N(C)Cc2cc3c(cc2OC(F)F)OCO3)nc(C)n1. The molecular weight excluding hydrogens is 332 g/mol. The summed E-state index contributed by atoms with van der Waals surface area (Å²) in [7, 11) is 1.83. The van der Waals surface area contributed by atoms with Crippen LogP contribution in [0.1, 0.15) is 24.0 Å². The molecule has 0 amide bonds. The molecule has 0 bridgehead atoms. The van der Waals surface area contributed by atoms with E-state index in [0.29, 0.717) is 35.2 Å². The minimum atomic E-state index is -2.92. The molecule has 6 nitrogen and oxygen atoms in total. The van der Waals surface area contributed by atoms with Gasteiger partial charge in [-0.05, 0) is 19.4 Å². The summed E-state index contributed by atoms with van der Waals surface area (Å²) in [5.41, 5.74) is 1.48. The first-order valence-electron chi connectivity index (χ1n) is 7.89. The van der Waals surface area contributed by atoms with E-state index in [0.717, 1.165) is 12.1 Å². The van der Waals surface area contributed by atoms with Gasteiger partial charge in [0, 0.05) is 37.0 Å². The molecule has 1 aromatic heterocycles. The molecule has 0 atom stereocenters. The van der Waals surface area contributed by atoms with Gasteiger partial charge in [0.1, 0.15) is 17.4 Å². The molecule has 8 heteroatoms. The molecule has 25 heavy (non-hydrogen) atoms. The zero-order chi connectivity index (χ0) is 18.0. The minimum Gasteiger partial charge on any atom is -0.454 e. The second-order valence-electron chi connectivity index (χ2n) is 5.67. The first-order chi connectivity index (χ1) is 12.0. The molecule has 134 valence electrons. The first-order valence-corrected chi connectivity index (χ1v) is 7.89. The van der Waals surface area contributed by atoms with Gasteiger partial charge in [-0.2, -0.15) is 8.78 Å². The van der Waals surface area contributed by atoms with Gasteiger partial charge in [0.2, 0.25) is 6.79 Å². The number of hydrogen-bond donors (Lipinski definition) is 0. The van der Waals surface area contributed by atoms with Gasteiger partial charge in [-0.15, -0.1) is 0 Å². The Morgan fingerprint density at radius 3 is 2.60 bits per heavy atom. The fourth-order valence-corrected chi connectivity index (χ4v) is 2.62. The Hall–Kier alpha value is -2.64. The van der Waals surface area contributed by atoms with Crippen molar-refractivity contribution in [2.75, 3.05) is 18.7 Å². The van der Waals surface area contributed by atoms with Crippen LogP contribution in [0.2, 0.25) is 0 Å². The van der Waals surface area contributed by atoms with Crippen LogP contribution in [0.3, 0.4) is 0 Å². The number of ether oxygens (including phenoxy) is 3. The Morgan fingerprint density at radius 1 is 1.20 bits per heavy atom. The van der Waals surface area contributed by atoms with E-state index in [1.54, 1.807) is 6.07 Å². The predicted octanol–water partition coefficient (Wildman–Crippen LogP) is 3.31. The zero-order valence-electron chi connectivity index (χ0n) is 14.3. The summed E-state index contributed by atoms with van der Waals surface area (Å²) in [6.45, 7) is 1.30. The van der Waals surface area contributed by atoms with Crippen LogP contribution >= 0.6 is 0 Å². The van der Waals surface area contributed by atoms with E-state index in [9.17, 15) is 8.78 Å². The van der Waals surface area contributed by atoms with Gasteiger partial charge in [0.25, 0.3) is 0 Å². The number of benzene rings is 1. The third-order valence-electron chi connectivity index (χ3n) is 3.81. The maximum atomic E-state index is 12.7. The van der Waals surface area contributed by atoms with Gasteiger partial charge >= 0.3 is 6.61 Å². The molecule has 0 N–H and O–H groups in total. The van der Waals surface area contributed by atoms with Gasteiger partial charge in [-0.1, -0.05) is 6.92 Å². The average Bonchev–Trinajstić information content (AvgIpc) is 3.01. The highest BCUT2D eigenvalue weighted by Crippen LogP contribution is 2.39. The molecule has 0 aliphatic carbocycles. The Kier molecular flexibility index (Phi) is 4.87. The molecule has 1 aliphatic heterocycles. The molecule has 0 radical (unpaired) electrons. The molecule has 0 saturated carbocycles. The summed E-state index contributed by atoms with van der Waals surface area (Å²) in [6, 6.07) is 4.97. The summed E-state index contributed by atoms with van der Waals surface area (Å²) in [5, 5.41) is 0. The third-order valence-corrected chi connectivity index (χ3v) is 3.81. The standard InChI is InChI=1S/C17H19F2N3O3/c1-4-12-6-16(21-10(2)20-12)22(3)8-11-5-14-15(24-9-23-14)7-13(11)25-17(18)19/h5-7,17H,4,8-9H2,1-3H3. The minimum absolute atomic E-state index is 0.0626. The lowest BCUT2D eigenvalue weighted by atomic mass is 10.1. The number of rotatable bonds is 6. The quantitative estimate of drug-likeness (QED) is 0.796. The normalized spacial score (nSPS) is 12.6. The third kappa shape index (κ3) is 3.89. The van der Waals surface area contributed by atoms with E-state index in [2.05, 4.69) is 14.7 Å². The molecule has 3 rings (SSSR count). The number of fused-ring (bicyclic) bond motifs is 1. The Morgan fingerprint density at radius 2 is 1.92 bits per heavy atom. The van der Waals surface area contributed by atoms with Crippen molar-refractivity contribution in [3.63, 3.8) is 0 Å². The largest absolute Gasteiger partial charge is 0.454 e. The van der Waals surface area contributed by atoms with E-state index in [4.69, 9.17) is 9.47 Å². The monoisotopic (exact) mass is 351 g/mol. The van der Waals surface area contributed by atoms with Crippen LogP contribution in [0.5, 0.6) is 17.2 Å². The van der Waals surface area contributed by atoms with Crippen LogP contribution in [0.4, 0.5) is 14.6 Å². The summed E-state index contributed by atoms with van der Waals surface area (Å²) in [6.07, 6.45) is 0.786. The highest BCUT2D eigenvalue weighted by molar-refractivity contribution is 5.53. The Balaban J connectivity index is 1.89. The fourth-order valence-electron chi connectivity index (χ4n) is 2.62. The van der Waals surface area contributed by atoms with Gasteiger partial charge < -0.3 is 19.1 Å². The number of anilines is 1. The van der Waals surface area contributed by atoms with Gasteiger partial charge in [-0.3, -0.25) is 0 Å². The van der Waals surface area contributed by atoms with Crippen molar-refractivity contribution in [2.45, 2.75) is 33.4 Å². The first kappa shape index (κ1) is 17.2. The maximum Gasteiger partial charge on any atom is 0.387 e. The number of hydrogen-bond acceptors (Lipinski definition) is 6. The summed E-state index contributed by atoms with van der Waals surface area (Å²) >= 11 is 0. The fraction of sp³-hybridized carbons (Fsp3) is 0.412. The second-order valence-corrected chi connectivity index (χ2v) is 5.67. The molecular formula is C17H19F2N3O3. The van der Waals surface area contributed by atoms with Crippen molar-refractivity contribution in [1.29, 1.82) is 0 Å². The van der Waals surface area contributed by atoms with E-state index in [-0.39, 0.29) is 12.5 Å². The van der Waals surface area contributed by atoms with Crippen molar-refractivity contribution < 1.29 is 23.0 Å². The summed E-state index contributed by atoms with van der Waals surface area (Å²) in [4.78, 5) is 10.6. The molecule has 0 saturated heterocycles. The number of halogens is 2. The molecule has 0 spiro atoms.